The van der Waals surface area contributed by atoms with Gasteiger partial charge in [0, 0.05) is 31.2 Å². The van der Waals surface area contributed by atoms with E-state index >= 15 is 0 Å². The molecule has 4 rings (SSSR count). The van der Waals surface area contributed by atoms with Gasteiger partial charge in [-0.2, -0.15) is 0 Å². The molecule has 3 heterocycles. The highest BCUT2D eigenvalue weighted by Crippen LogP contribution is 2.28. The Hall–Kier alpha value is -1.99. The molecule has 1 fully saturated rings. The van der Waals surface area contributed by atoms with Crippen molar-refractivity contribution in [1.82, 2.24) is 14.9 Å². The summed E-state index contributed by atoms with van der Waals surface area (Å²) in [6.45, 7) is 3.42. The summed E-state index contributed by atoms with van der Waals surface area (Å²) in [5.41, 5.74) is 1.89. The Morgan fingerprint density at radius 1 is 1.31 bits per heavy atom. The predicted octanol–water partition coefficient (Wildman–Crippen LogP) is 2.53. The second-order valence-corrected chi connectivity index (χ2v) is 7.99. The number of carbonyl (C=O) groups excluding carboxylic acids is 1. The largest absolute Gasteiger partial charge is 0.378 e. The van der Waals surface area contributed by atoms with Crippen LogP contribution in [0.25, 0.3) is 0 Å². The smallest absolute Gasteiger partial charge is 0.257 e. The highest BCUT2D eigenvalue weighted by Gasteiger charge is 2.23. The molecule has 0 atom stereocenters. The van der Waals surface area contributed by atoms with Crippen molar-refractivity contribution in [2.45, 2.75) is 32.2 Å². The van der Waals surface area contributed by atoms with Crippen LogP contribution in [0.2, 0.25) is 0 Å². The Kier molecular flexibility index (Phi) is 5.17. The highest BCUT2D eigenvalue weighted by molar-refractivity contribution is 7.11. The van der Waals surface area contributed by atoms with Crippen molar-refractivity contribution in [1.29, 1.82) is 0 Å². The van der Waals surface area contributed by atoms with Crippen LogP contribution in [0.4, 0.5) is 5.82 Å². The van der Waals surface area contributed by atoms with Crippen LogP contribution in [-0.2, 0) is 24.1 Å². The molecule has 7 heteroatoms. The average Bonchev–Trinajstić information content (AvgIpc) is 3.10. The predicted molar refractivity (Wildman–Crippen MR) is 102 cm³/mol. The molecule has 1 saturated heterocycles. The van der Waals surface area contributed by atoms with Crippen molar-refractivity contribution < 1.29 is 9.53 Å². The third-order valence-corrected chi connectivity index (χ3v) is 6.08. The number of aryl methyl sites for hydroxylation is 2. The topological polar surface area (TPSA) is 58.6 Å². The summed E-state index contributed by atoms with van der Waals surface area (Å²) < 4.78 is 5.42. The van der Waals surface area contributed by atoms with Gasteiger partial charge in [-0.3, -0.25) is 4.79 Å². The zero-order chi connectivity index (χ0) is 17.9. The Bertz CT molecular complexity index is 762. The summed E-state index contributed by atoms with van der Waals surface area (Å²) in [6.07, 6.45) is 6.43. The second-order valence-electron chi connectivity index (χ2n) is 6.82. The molecule has 0 bridgehead atoms. The van der Waals surface area contributed by atoms with Gasteiger partial charge in [0.2, 0.25) is 0 Å². The number of thiazole rings is 1. The number of hydrogen-bond donors (Lipinski definition) is 0. The number of ether oxygens (including phenoxy) is 1. The van der Waals surface area contributed by atoms with E-state index in [0.29, 0.717) is 25.3 Å². The monoisotopic (exact) mass is 372 g/mol. The number of anilines is 1. The van der Waals surface area contributed by atoms with Crippen LogP contribution < -0.4 is 4.90 Å². The first-order chi connectivity index (χ1) is 12.7. The quantitative estimate of drug-likeness (QED) is 0.825. The van der Waals surface area contributed by atoms with Crippen molar-refractivity contribution in [3.8, 4) is 0 Å². The second kappa shape index (κ2) is 7.72. The fourth-order valence-corrected chi connectivity index (χ4v) is 4.75. The number of rotatable bonds is 4. The molecule has 26 heavy (non-hydrogen) atoms. The number of amides is 1. The van der Waals surface area contributed by atoms with E-state index in [-0.39, 0.29) is 5.91 Å². The van der Waals surface area contributed by atoms with Gasteiger partial charge in [0.15, 0.2) is 0 Å². The third kappa shape index (κ3) is 3.59. The first-order valence-corrected chi connectivity index (χ1v) is 10.0. The van der Waals surface area contributed by atoms with Crippen molar-refractivity contribution in [3.63, 3.8) is 0 Å². The lowest BCUT2D eigenvalue weighted by molar-refractivity contribution is 0.0783. The van der Waals surface area contributed by atoms with Gasteiger partial charge < -0.3 is 14.5 Å². The highest BCUT2D eigenvalue weighted by atomic mass is 32.1. The lowest BCUT2D eigenvalue weighted by atomic mass is 10.0. The van der Waals surface area contributed by atoms with Crippen molar-refractivity contribution in [2.75, 3.05) is 38.3 Å². The first kappa shape index (κ1) is 17.4. The van der Waals surface area contributed by atoms with E-state index in [1.165, 1.54) is 23.4 Å². The Morgan fingerprint density at radius 3 is 2.92 bits per heavy atom. The molecule has 2 aromatic heterocycles. The van der Waals surface area contributed by atoms with Gasteiger partial charge in [-0.15, -0.1) is 11.3 Å². The SMILES string of the molecule is CN(Cc1nc2c(s1)CCCC2)C(=O)c1cccnc1N1CCOCC1. The van der Waals surface area contributed by atoms with E-state index in [2.05, 4.69) is 9.88 Å². The molecule has 1 aliphatic carbocycles. The molecule has 0 N–H and O–H groups in total. The number of fused-ring (bicyclic) bond motifs is 1. The van der Waals surface area contributed by atoms with Crippen molar-refractivity contribution >= 4 is 23.1 Å². The molecule has 6 nitrogen and oxygen atoms in total. The van der Waals surface area contributed by atoms with Crippen LogP contribution in [0.3, 0.4) is 0 Å². The minimum Gasteiger partial charge on any atom is -0.378 e. The fraction of sp³-hybridized carbons (Fsp3) is 0.526. The molecule has 2 aromatic rings. The van der Waals surface area contributed by atoms with Crippen LogP contribution in [-0.4, -0.2) is 54.1 Å². The van der Waals surface area contributed by atoms with Crippen LogP contribution in [0.5, 0.6) is 0 Å². The zero-order valence-corrected chi connectivity index (χ0v) is 15.9. The minimum absolute atomic E-state index is 0.00670. The molecule has 0 aromatic carbocycles. The molecule has 0 radical (unpaired) electrons. The number of pyridine rings is 1. The maximum Gasteiger partial charge on any atom is 0.257 e. The molecule has 1 aliphatic heterocycles. The van der Waals surface area contributed by atoms with E-state index in [1.807, 2.05) is 19.2 Å². The summed E-state index contributed by atoms with van der Waals surface area (Å²) >= 11 is 1.76. The molecule has 0 saturated carbocycles. The normalized spacial score (nSPS) is 17.0. The van der Waals surface area contributed by atoms with Crippen LogP contribution in [0, 0.1) is 0 Å². The van der Waals surface area contributed by atoms with Gasteiger partial charge in [0.25, 0.3) is 5.91 Å². The Balaban J connectivity index is 1.51. The third-order valence-electron chi connectivity index (χ3n) is 4.94. The number of carbonyl (C=O) groups is 1. The van der Waals surface area contributed by atoms with Gasteiger partial charge in [0.05, 0.1) is 31.0 Å². The first-order valence-electron chi connectivity index (χ1n) is 9.23. The number of morpholine rings is 1. The van der Waals surface area contributed by atoms with Crippen molar-refractivity contribution in [2.24, 2.45) is 0 Å². The Morgan fingerprint density at radius 2 is 2.12 bits per heavy atom. The fourth-order valence-electron chi connectivity index (χ4n) is 3.54. The summed E-state index contributed by atoms with van der Waals surface area (Å²) in [5, 5.41) is 1.03. The van der Waals surface area contributed by atoms with Gasteiger partial charge in [-0.1, -0.05) is 0 Å². The van der Waals surface area contributed by atoms with Gasteiger partial charge in [0.1, 0.15) is 10.8 Å². The van der Waals surface area contributed by atoms with Gasteiger partial charge in [-0.25, -0.2) is 9.97 Å². The summed E-state index contributed by atoms with van der Waals surface area (Å²) in [5.74, 6) is 0.749. The molecular formula is C19H24N4O2S. The average molecular weight is 372 g/mol. The molecule has 0 unspecified atom stereocenters. The van der Waals surface area contributed by atoms with E-state index in [4.69, 9.17) is 9.72 Å². The molecule has 1 amide bonds. The van der Waals surface area contributed by atoms with E-state index in [0.717, 1.165) is 36.8 Å². The van der Waals surface area contributed by atoms with E-state index in [9.17, 15) is 4.79 Å². The summed E-state index contributed by atoms with van der Waals surface area (Å²) in [4.78, 5) is 27.6. The van der Waals surface area contributed by atoms with Crippen LogP contribution >= 0.6 is 11.3 Å². The molecule has 0 spiro atoms. The standard InChI is InChI=1S/C19H24N4O2S/c1-22(13-17-21-15-6-2-3-7-16(15)26-17)19(24)14-5-4-8-20-18(14)23-9-11-25-12-10-23/h4-5,8H,2-3,6-7,9-13H2,1H3. The molecular weight excluding hydrogens is 348 g/mol. The maximum atomic E-state index is 13.1. The molecule has 2 aliphatic rings. The van der Waals surface area contributed by atoms with Gasteiger partial charge in [-0.05, 0) is 37.8 Å². The van der Waals surface area contributed by atoms with Crippen molar-refractivity contribution in [3.05, 3.63) is 39.5 Å². The Labute approximate surface area is 157 Å². The maximum absolute atomic E-state index is 13.1. The minimum atomic E-state index is -0.00670. The van der Waals surface area contributed by atoms with Gasteiger partial charge >= 0.3 is 0 Å². The van der Waals surface area contributed by atoms with Crippen LogP contribution in [0.1, 0.15) is 38.8 Å². The summed E-state index contributed by atoms with van der Waals surface area (Å²) in [7, 11) is 1.85. The van der Waals surface area contributed by atoms with Crippen LogP contribution in [0.15, 0.2) is 18.3 Å². The molecule has 138 valence electrons. The lowest BCUT2D eigenvalue weighted by Crippen LogP contribution is -2.38. The number of aromatic nitrogens is 2. The lowest BCUT2D eigenvalue weighted by Gasteiger charge is -2.29. The number of hydrogen-bond acceptors (Lipinski definition) is 6. The summed E-state index contributed by atoms with van der Waals surface area (Å²) in [6, 6.07) is 3.69. The number of nitrogens with zero attached hydrogens (tertiary/aromatic N) is 4. The van der Waals surface area contributed by atoms with E-state index < -0.39 is 0 Å². The van der Waals surface area contributed by atoms with E-state index in [1.54, 1.807) is 22.4 Å². The zero-order valence-electron chi connectivity index (χ0n) is 15.1.